The van der Waals surface area contributed by atoms with Crippen LogP contribution in [0.5, 0.6) is 11.5 Å². The number of hydrogen-bond donors (Lipinski definition) is 0. The van der Waals surface area contributed by atoms with Gasteiger partial charge in [0, 0.05) is 0 Å². The smallest absolute Gasteiger partial charge is 0.119 e. The van der Waals surface area contributed by atoms with Gasteiger partial charge in [-0.3, -0.25) is 0 Å². The van der Waals surface area contributed by atoms with E-state index in [1.165, 1.54) is 11.1 Å². The van der Waals surface area contributed by atoms with Crippen LogP contribution >= 0.6 is 0 Å². The summed E-state index contributed by atoms with van der Waals surface area (Å²) in [5.74, 6) is 1.79. The van der Waals surface area contributed by atoms with Gasteiger partial charge in [-0.1, -0.05) is 45.0 Å². The third kappa shape index (κ3) is 4.25. The van der Waals surface area contributed by atoms with Crippen LogP contribution in [0.3, 0.4) is 0 Å². The SMILES string of the molecule is CCOc1ccc(C(C)(C)C)c(COc2ccccc2)c1. The van der Waals surface area contributed by atoms with Gasteiger partial charge in [0.2, 0.25) is 0 Å². The van der Waals surface area contributed by atoms with Crippen LogP contribution in [0.15, 0.2) is 48.5 Å². The number of hydrogen-bond acceptors (Lipinski definition) is 2. The van der Waals surface area contributed by atoms with E-state index in [-0.39, 0.29) is 5.41 Å². The van der Waals surface area contributed by atoms with E-state index in [9.17, 15) is 0 Å². The second kappa shape index (κ2) is 6.66. The number of rotatable bonds is 5. The van der Waals surface area contributed by atoms with E-state index in [0.717, 1.165) is 11.5 Å². The monoisotopic (exact) mass is 284 g/mol. The normalized spacial score (nSPS) is 11.2. The van der Waals surface area contributed by atoms with Crippen molar-refractivity contribution in [2.24, 2.45) is 0 Å². The Morgan fingerprint density at radius 2 is 1.57 bits per heavy atom. The molecule has 0 bridgehead atoms. The van der Waals surface area contributed by atoms with Gasteiger partial charge in [-0.15, -0.1) is 0 Å². The molecule has 0 fully saturated rings. The summed E-state index contributed by atoms with van der Waals surface area (Å²) >= 11 is 0. The van der Waals surface area contributed by atoms with Gasteiger partial charge in [-0.25, -0.2) is 0 Å². The highest BCUT2D eigenvalue weighted by atomic mass is 16.5. The molecule has 0 unspecified atom stereocenters. The van der Waals surface area contributed by atoms with E-state index in [1.54, 1.807) is 0 Å². The highest BCUT2D eigenvalue weighted by Crippen LogP contribution is 2.29. The summed E-state index contributed by atoms with van der Waals surface area (Å²) in [7, 11) is 0. The average molecular weight is 284 g/mol. The molecule has 0 saturated carbocycles. The average Bonchev–Trinajstić information content (AvgIpc) is 2.45. The lowest BCUT2D eigenvalue weighted by Gasteiger charge is -2.23. The molecule has 0 aromatic heterocycles. The predicted octanol–water partition coefficient (Wildman–Crippen LogP) is 4.96. The maximum atomic E-state index is 5.91. The van der Waals surface area contributed by atoms with E-state index in [0.29, 0.717) is 13.2 Å². The summed E-state index contributed by atoms with van der Waals surface area (Å²) in [4.78, 5) is 0. The van der Waals surface area contributed by atoms with Crippen molar-refractivity contribution in [3.8, 4) is 11.5 Å². The van der Waals surface area contributed by atoms with Crippen LogP contribution in [-0.4, -0.2) is 6.61 Å². The van der Waals surface area contributed by atoms with E-state index in [1.807, 2.05) is 43.3 Å². The highest BCUT2D eigenvalue weighted by Gasteiger charge is 2.18. The summed E-state index contributed by atoms with van der Waals surface area (Å²) < 4.78 is 11.5. The Hall–Kier alpha value is -1.96. The minimum Gasteiger partial charge on any atom is -0.494 e. The van der Waals surface area contributed by atoms with Crippen molar-refractivity contribution in [2.45, 2.75) is 39.7 Å². The Balaban J connectivity index is 2.24. The van der Waals surface area contributed by atoms with Crippen LogP contribution in [0.25, 0.3) is 0 Å². The van der Waals surface area contributed by atoms with Gasteiger partial charge in [-0.2, -0.15) is 0 Å². The first kappa shape index (κ1) is 15.4. The molecule has 0 amide bonds. The second-order valence-corrected chi connectivity index (χ2v) is 6.10. The fourth-order valence-corrected chi connectivity index (χ4v) is 2.36. The zero-order valence-electron chi connectivity index (χ0n) is 13.3. The molecule has 2 nitrogen and oxygen atoms in total. The van der Waals surface area contributed by atoms with Crippen LogP contribution in [0.1, 0.15) is 38.8 Å². The van der Waals surface area contributed by atoms with Crippen molar-refractivity contribution in [1.82, 2.24) is 0 Å². The van der Waals surface area contributed by atoms with E-state index in [4.69, 9.17) is 9.47 Å². The predicted molar refractivity (Wildman–Crippen MR) is 87.1 cm³/mol. The van der Waals surface area contributed by atoms with E-state index >= 15 is 0 Å². The zero-order valence-corrected chi connectivity index (χ0v) is 13.3. The van der Waals surface area contributed by atoms with Gasteiger partial charge >= 0.3 is 0 Å². The Labute approximate surface area is 127 Å². The summed E-state index contributed by atoms with van der Waals surface area (Å²) in [5, 5.41) is 0. The molecule has 2 heteroatoms. The van der Waals surface area contributed by atoms with Gasteiger partial charge in [0.25, 0.3) is 0 Å². The molecule has 0 N–H and O–H groups in total. The van der Waals surface area contributed by atoms with Gasteiger partial charge < -0.3 is 9.47 Å². The summed E-state index contributed by atoms with van der Waals surface area (Å²) in [6.45, 7) is 9.88. The Kier molecular flexibility index (Phi) is 4.89. The molecule has 0 radical (unpaired) electrons. The van der Waals surface area contributed by atoms with Gasteiger partial charge in [-0.05, 0) is 47.7 Å². The zero-order chi connectivity index (χ0) is 15.3. The quantitative estimate of drug-likeness (QED) is 0.772. The van der Waals surface area contributed by atoms with Crippen molar-refractivity contribution in [3.63, 3.8) is 0 Å². The number of para-hydroxylation sites is 1. The second-order valence-electron chi connectivity index (χ2n) is 6.10. The van der Waals surface area contributed by atoms with Crippen LogP contribution < -0.4 is 9.47 Å². The molecule has 21 heavy (non-hydrogen) atoms. The lowest BCUT2D eigenvalue weighted by atomic mass is 9.84. The van der Waals surface area contributed by atoms with Crippen LogP contribution in [0.2, 0.25) is 0 Å². The third-order valence-corrected chi connectivity index (χ3v) is 3.33. The van der Waals surface area contributed by atoms with Crippen molar-refractivity contribution in [3.05, 3.63) is 59.7 Å². The lowest BCUT2D eigenvalue weighted by molar-refractivity contribution is 0.299. The topological polar surface area (TPSA) is 18.5 Å². The van der Waals surface area contributed by atoms with Crippen molar-refractivity contribution in [1.29, 1.82) is 0 Å². The number of ether oxygens (including phenoxy) is 2. The maximum absolute atomic E-state index is 5.91. The summed E-state index contributed by atoms with van der Waals surface area (Å²) in [5.41, 5.74) is 2.55. The minimum atomic E-state index is 0.0835. The molecule has 0 aliphatic carbocycles. The van der Waals surface area contributed by atoms with E-state index in [2.05, 4.69) is 32.9 Å². The molecule has 0 saturated heterocycles. The molecule has 2 aromatic carbocycles. The van der Waals surface area contributed by atoms with E-state index < -0.39 is 0 Å². The largest absolute Gasteiger partial charge is 0.494 e. The Morgan fingerprint density at radius 3 is 2.19 bits per heavy atom. The molecule has 2 rings (SSSR count). The first-order valence-corrected chi connectivity index (χ1v) is 7.44. The van der Waals surface area contributed by atoms with Crippen molar-refractivity contribution >= 4 is 0 Å². The molecule has 2 aromatic rings. The molecule has 0 atom stereocenters. The minimum absolute atomic E-state index is 0.0835. The van der Waals surface area contributed by atoms with Gasteiger partial charge in [0.1, 0.15) is 18.1 Å². The Bertz CT molecular complexity index is 568. The van der Waals surface area contributed by atoms with Crippen LogP contribution in [0.4, 0.5) is 0 Å². The van der Waals surface area contributed by atoms with Crippen LogP contribution in [0, 0.1) is 0 Å². The Morgan fingerprint density at radius 1 is 0.857 bits per heavy atom. The van der Waals surface area contributed by atoms with Crippen molar-refractivity contribution < 1.29 is 9.47 Å². The molecule has 0 spiro atoms. The van der Waals surface area contributed by atoms with Crippen molar-refractivity contribution in [2.75, 3.05) is 6.61 Å². The standard InChI is InChI=1S/C19H24O2/c1-5-20-17-11-12-18(19(2,3)4)15(13-17)14-21-16-9-7-6-8-10-16/h6-13H,5,14H2,1-4H3. The summed E-state index contributed by atoms with van der Waals surface area (Å²) in [6.07, 6.45) is 0. The van der Waals surface area contributed by atoms with Gasteiger partial charge in [0.05, 0.1) is 6.61 Å². The lowest BCUT2D eigenvalue weighted by Crippen LogP contribution is -2.15. The van der Waals surface area contributed by atoms with Crippen LogP contribution in [-0.2, 0) is 12.0 Å². The fourth-order valence-electron chi connectivity index (χ4n) is 2.36. The molecule has 0 aliphatic heterocycles. The molecule has 0 aliphatic rings. The molecule has 112 valence electrons. The fraction of sp³-hybridized carbons (Fsp3) is 0.368. The first-order chi connectivity index (χ1) is 10.0. The number of benzene rings is 2. The highest BCUT2D eigenvalue weighted by molar-refractivity contribution is 5.39. The molecule has 0 heterocycles. The maximum Gasteiger partial charge on any atom is 0.119 e. The molecular weight excluding hydrogens is 260 g/mol. The summed E-state index contributed by atoms with van der Waals surface area (Å²) in [6, 6.07) is 16.2. The van der Waals surface area contributed by atoms with Gasteiger partial charge in [0.15, 0.2) is 0 Å². The third-order valence-electron chi connectivity index (χ3n) is 3.33. The first-order valence-electron chi connectivity index (χ1n) is 7.44. The molecular formula is C19H24O2.